The van der Waals surface area contributed by atoms with Crippen molar-refractivity contribution in [3.63, 3.8) is 0 Å². The third kappa shape index (κ3) is 8.68. The number of nitrogens with one attached hydrogen (secondary N) is 2. The maximum atomic E-state index is 6.03. The van der Waals surface area contributed by atoms with Crippen LogP contribution in [0.15, 0.2) is 29.3 Å². The van der Waals surface area contributed by atoms with Crippen molar-refractivity contribution in [3.05, 3.63) is 29.8 Å². The molecule has 7 heteroatoms. The fourth-order valence-corrected chi connectivity index (χ4v) is 3.86. The number of halogens is 1. The van der Waals surface area contributed by atoms with Gasteiger partial charge in [-0.2, -0.15) is 0 Å². The number of ether oxygens (including phenoxy) is 2. The van der Waals surface area contributed by atoms with Crippen LogP contribution in [0.4, 0.5) is 5.69 Å². The monoisotopic (exact) mass is 516 g/mol. The molecule has 0 unspecified atom stereocenters. The molecule has 2 fully saturated rings. The van der Waals surface area contributed by atoms with Gasteiger partial charge in [-0.15, -0.1) is 24.0 Å². The first-order valence-electron chi connectivity index (χ1n) is 10.8. The number of rotatable bonds is 7. The van der Waals surface area contributed by atoms with E-state index in [0.717, 1.165) is 52.0 Å². The Morgan fingerprint density at radius 3 is 2.41 bits per heavy atom. The largest absolute Gasteiger partial charge is 0.378 e. The minimum atomic E-state index is 0. The molecule has 0 spiro atoms. The van der Waals surface area contributed by atoms with Crippen LogP contribution in [0.5, 0.6) is 0 Å². The summed E-state index contributed by atoms with van der Waals surface area (Å²) in [4.78, 5) is 6.68. The lowest BCUT2D eigenvalue weighted by atomic mass is 10.1. The highest BCUT2D eigenvalue weighted by molar-refractivity contribution is 14.0. The summed E-state index contributed by atoms with van der Waals surface area (Å²) in [6, 6.07) is 8.75. The van der Waals surface area contributed by atoms with Gasteiger partial charge in [0, 0.05) is 38.9 Å². The molecule has 2 N–H and O–H groups in total. The molecule has 6 nitrogen and oxygen atoms in total. The minimum absolute atomic E-state index is 0. The van der Waals surface area contributed by atoms with Crippen molar-refractivity contribution in [1.29, 1.82) is 0 Å². The molecule has 2 aliphatic rings. The van der Waals surface area contributed by atoms with Crippen LogP contribution in [0.2, 0.25) is 0 Å². The lowest BCUT2D eigenvalue weighted by Crippen LogP contribution is -2.39. The highest BCUT2D eigenvalue weighted by Gasteiger charge is 2.12. The molecule has 0 radical (unpaired) electrons. The summed E-state index contributed by atoms with van der Waals surface area (Å²) >= 11 is 0. The summed E-state index contributed by atoms with van der Waals surface area (Å²) < 4.78 is 11.5. The van der Waals surface area contributed by atoms with Crippen molar-refractivity contribution >= 4 is 35.6 Å². The van der Waals surface area contributed by atoms with E-state index in [9.17, 15) is 0 Å². The molecule has 3 rings (SSSR count). The molecule has 0 atom stereocenters. The van der Waals surface area contributed by atoms with E-state index in [1.807, 2.05) is 7.05 Å². The second-order valence-corrected chi connectivity index (χ2v) is 7.60. The maximum absolute atomic E-state index is 6.03. The zero-order valence-corrected chi connectivity index (χ0v) is 20.0. The Hall–Kier alpha value is -1.06. The van der Waals surface area contributed by atoms with Gasteiger partial charge in [-0.05, 0) is 30.5 Å². The molecule has 1 saturated heterocycles. The van der Waals surface area contributed by atoms with Crippen LogP contribution in [0.3, 0.4) is 0 Å². The lowest BCUT2D eigenvalue weighted by Gasteiger charge is -2.28. The standard InChI is InChI=1S/C22H36N4O2.HI/c1-23-22(24-12-15-28-21-6-4-2-3-5-7-21)25-18-19-8-10-20(11-9-19)26-13-16-27-17-14-26;/h8-11,21H,2-7,12-18H2,1H3,(H2,23,24,25);1H. The van der Waals surface area contributed by atoms with Gasteiger partial charge in [0.15, 0.2) is 5.96 Å². The smallest absolute Gasteiger partial charge is 0.191 e. The van der Waals surface area contributed by atoms with Crippen molar-refractivity contribution in [2.75, 3.05) is 51.4 Å². The van der Waals surface area contributed by atoms with Gasteiger partial charge in [0.05, 0.1) is 25.9 Å². The van der Waals surface area contributed by atoms with E-state index in [2.05, 4.69) is 44.8 Å². The van der Waals surface area contributed by atoms with E-state index in [4.69, 9.17) is 9.47 Å². The van der Waals surface area contributed by atoms with Crippen LogP contribution >= 0.6 is 24.0 Å². The molecule has 1 aliphatic carbocycles. The number of benzene rings is 1. The zero-order valence-electron chi connectivity index (χ0n) is 17.7. The summed E-state index contributed by atoms with van der Waals surface area (Å²) in [5, 5.41) is 6.73. The first kappa shape index (κ1) is 24.2. The van der Waals surface area contributed by atoms with Crippen LogP contribution in [-0.4, -0.2) is 58.6 Å². The predicted molar refractivity (Wildman–Crippen MR) is 131 cm³/mol. The number of anilines is 1. The number of guanidine groups is 1. The van der Waals surface area contributed by atoms with E-state index >= 15 is 0 Å². The van der Waals surface area contributed by atoms with Gasteiger partial charge in [-0.3, -0.25) is 4.99 Å². The van der Waals surface area contributed by atoms with E-state index in [1.54, 1.807) is 0 Å². The third-order valence-electron chi connectivity index (χ3n) is 5.55. The van der Waals surface area contributed by atoms with Crippen molar-refractivity contribution in [3.8, 4) is 0 Å². The summed E-state index contributed by atoms with van der Waals surface area (Å²) in [7, 11) is 1.81. The van der Waals surface area contributed by atoms with Gasteiger partial charge >= 0.3 is 0 Å². The molecule has 164 valence electrons. The van der Waals surface area contributed by atoms with Crippen LogP contribution in [0.1, 0.15) is 44.1 Å². The fourth-order valence-electron chi connectivity index (χ4n) is 3.86. The van der Waals surface area contributed by atoms with Crippen LogP contribution in [0, 0.1) is 0 Å². The van der Waals surface area contributed by atoms with Crippen molar-refractivity contribution in [2.45, 2.75) is 51.2 Å². The molecule has 1 aromatic rings. The Morgan fingerprint density at radius 2 is 1.76 bits per heavy atom. The molecule has 1 aliphatic heterocycles. The highest BCUT2D eigenvalue weighted by atomic mass is 127. The third-order valence-corrected chi connectivity index (χ3v) is 5.55. The zero-order chi connectivity index (χ0) is 19.4. The van der Waals surface area contributed by atoms with Gasteiger partial charge < -0.3 is 25.0 Å². The number of aliphatic imine (C=N–C) groups is 1. The van der Waals surface area contributed by atoms with E-state index in [0.29, 0.717) is 6.10 Å². The average Bonchev–Trinajstić information content (AvgIpc) is 3.03. The Kier molecular flexibility index (Phi) is 11.7. The van der Waals surface area contributed by atoms with E-state index < -0.39 is 0 Å². The van der Waals surface area contributed by atoms with Gasteiger partial charge in [0.2, 0.25) is 0 Å². The molecule has 1 saturated carbocycles. The summed E-state index contributed by atoms with van der Waals surface area (Å²) in [5.74, 6) is 0.821. The number of hydrogen-bond acceptors (Lipinski definition) is 4. The highest BCUT2D eigenvalue weighted by Crippen LogP contribution is 2.19. The number of nitrogens with zero attached hydrogens (tertiary/aromatic N) is 2. The Bertz CT molecular complexity index is 583. The molecule has 29 heavy (non-hydrogen) atoms. The summed E-state index contributed by atoms with van der Waals surface area (Å²) in [6.45, 7) is 5.85. The molecule has 0 aromatic heterocycles. The van der Waals surface area contributed by atoms with Gasteiger partial charge in [0.25, 0.3) is 0 Å². The summed E-state index contributed by atoms with van der Waals surface area (Å²) in [6.07, 6.45) is 8.23. The molecular formula is C22H37IN4O2. The maximum Gasteiger partial charge on any atom is 0.191 e. The van der Waals surface area contributed by atoms with Crippen LogP contribution in [0.25, 0.3) is 0 Å². The average molecular weight is 516 g/mol. The second kappa shape index (κ2) is 14.0. The minimum Gasteiger partial charge on any atom is -0.378 e. The normalized spacial score (nSPS) is 18.7. The second-order valence-electron chi connectivity index (χ2n) is 7.60. The lowest BCUT2D eigenvalue weighted by molar-refractivity contribution is 0.0468. The Labute approximate surface area is 192 Å². The van der Waals surface area contributed by atoms with Gasteiger partial charge in [-0.25, -0.2) is 0 Å². The van der Waals surface area contributed by atoms with Crippen LogP contribution in [-0.2, 0) is 16.0 Å². The van der Waals surface area contributed by atoms with Crippen molar-refractivity contribution in [1.82, 2.24) is 10.6 Å². The van der Waals surface area contributed by atoms with Gasteiger partial charge in [0.1, 0.15) is 0 Å². The first-order valence-corrected chi connectivity index (χ1v) is 10.8. The molecule has 0 bridgehead atoms. The SMILES string of the molecule is CN=C(NCCOC1CCCCCC1)NCc1ccc(N2CCOCC2)cc1.I. The molecular weight excluding hydrogens is 479 g/mol. The number of morpholine rings is 1. The van der Waals surface area contributed by atoms with E-state index in [1.165, 1.54) is 49.8 Å². The molecule has 1 heterocycles. The Morgan fingerprint density at radius 1 is 1.07 bits per heavy atom. The van der Waals surface area contributed by atoms with Crippen molar-refractivity contribution < 1.29 is 9.47 Å². The van der Waals surface area contributed by atoms with Crippen molar-refractivity contribution in [2.24, 2.45) is 4.99 Å². The topological polar surface area (TPSA) is 58.1 Å². The van der Waals surface area contributed by atoms with E-state index in [-0.39, 0.29) is 24.0 Å². The fraction of sp³-hybridized carbons (Fsp3) is 0.682. The first-order chi connectivity index (χ1) is 13.8. The molecule has 1 aromatic carbocycles. The number of hydrogen-bond donors (Lipinski definition) is 2. The predicted octanol–water partition coefficient (Wildman–Crippen LogP) is 3.55. The Balaban J connectivity index is 0.00000300. The molecule has 0 amide bonds. The quantitative estimate of drug-likeness (QED) is 0.191. The van der Waals surface area contributed by atoms with Crippen LogP contribution < -0.4 is 15.5 Å². The van der Waals surface area contributed by atoms with Gasteiger partial charge in [-0.1, -0.05) is 37.8 Å². The summed E-state index contributed by atoms with van der Waals surface area (Å²) in [5.41, 5.74) is 2.51.